The van der Waals surface area contributed by atoms with Crippen molar-refractivity contribution >= 4 is 11.8 Å². The summed E-state index contributed by atoms with van der Waals surface area (Å²) in [5, 5.41) is 5.36. The van der Waals surface area contributed by atoms with Gasteiger partial charge < -0.3 is 5.32 Å². The van der Waals surface area contributed by atoms with Crippen LogP contribution in [0.1, 0.15) is 18.4 Å². The van der Waals surface area contributed by atoms with E-state index in [2.05, 4.69) is 20.6 Å². The molecule has 2 amide bonds. The highest BCUT2D eigenvalue weighted by Gasteiger charge is 2.25. The molecule has 0 radical (unpaired) electrons. The molecule has 1 aromatic heterocycles. The zero-order valence-electron chi connectivity index (χ0n) is 8.64. The van der Waals surface area contributed by atoms with Crippen molar-refractivity contribution in [2.24, 2.45) is 0 Å². The number of carbonyl (C=O) groups is 2. The minimum atomic E-state index is -0.307. The molecule has 1 aromatic rings. The van der Waals surface area contributed by atoms with E-state index >= 15 is 0 Å². The third-order valence-electron chi connectivity index (χ3n) is 2.41. The van der Waals surface area contributed by atoms with E-state index < -0.39 is 0 Å². The summed E-state index contributed by atoms with van der Waals surface area (Å²) in [6, 6.07) is -0.307. The molecule has 0 bridgehead atoms. The first-order valence-electron chi connectivity index (χ1n) is 5.06. The molecule has 0 saturated carbocycles. The Morgan fingerprint density at radius 1 is 1.38 bits per heavy atom. The van der Waals surface area contributed by atoms with Crippen molar-refractivity contribution in [1.29, 1.82) is 0 Å². The molecule has 0 aliphatic carbocycles. The van der Waals surface area contributed by atoms with Crippen molar-refractivity contribution in [2.45, 2.75) is 25.4 Å². The Morgan fingerprint density at radius 2 is 2.12 bits per heavy atom. The van der Waals surface area contributed by atoms with Crippen LogP contribution in [-0.4, -0.2) is 27.8 Å². The summed E-state index contributed by atoms with van der Waals surface area (Å²) in [5.41, 5.74) is 0.909. The maximum atomic E-state index is 11.4. The molecule has 6 heteroatoms. The fourth-order valence-electron chi connectivity index (χ4n) is 1.55. The minimum Gasteiger partial charge on any atom is -0.302 e. The Labute approximate surface area is 92.5 Å². The standard InChI is InChI=1S/C10H12N4O2/c15-9-2-1-8(10(16)14-9)13-5-7-3-11-6-12-4-7/h3-4,6,8,13H,1-2,5H2,(H,14,15,16). The molecule has 2 N–H and O–H groups in total. The normalized spacial score (nSPS) is 20.6. The van der Waals surface area contributed by atoms with Gasteiger partial charge in [0.25, 0.3) is 0 Å². The van der Waals surface area contributed by atoms with Gasteiger partial charge in [0.15, 0.2) is 0 Å². The van der Waals surface area contributed by atoms with E-state index in [1.54, 1.807) is 12.4 Å². The van der Waals surface area contributed by atoms with Crippen LogP contribution in [-0.2, 0) is 16.1 Å². The second kappa shape index (κ2) is 4.80. The van der Waals surface area contributed by atoms with Crippen LogP contribution >= 0.6 is 0 Å². The van der Waals surface area contributed by atoms with Crippen LogP contribution in [0.25, 0.3) is 0 Å². The Morgan fingerprint density at radius 3 is 2.81 bits per heavy atom. The van der Waals surface area contributed by atoms with Gasteiger partial charge in [-0.25, -0.2) is 9.97 Å². The molecule has 0 spiro atoms. The number of hydrogen-bond acceptors (Lipinski definition) is 5. The molecular formula is C10H12N4O2. The van der Waals surface area contributed by atoms with Gasteiger partial charge in [0.2, 0.25) is 11.8 Å². The van der Waals surface area contributed by atoms with E-state index in [0.717, 1.165) is 5.56 Å². The molecule has 6 nitrogen and oxygen atoms in total. The molecule has 0 aromatic carbocycles. The number of nitrogens with zero attached hydrogens (tertiary/aromatic N) is 2. The van der Waals surface area contributed by atoms with Crippen LogP contribution in [0.2, 0.25) is 0 Å². The molecule has 1 aliphatic heterocycles. The first-order chi connectivity index (χ1) is 7.75. The number of piperidine rings is 1. The molecule has 1 saturated heterocycles. The first-order valence-corrected chi connectivity index (χ1v) is 5.06. The third-order valence-corrected chi connectivity index (χ3v) is 2.41. The molecular weight excluding hydrogens is 208 g/mol. The van der Waals surface area contributed by atoms with Gasteiger partial charge in [-0.15, -0.1) is 0 Å². The smallest absolute Gasteiger partial charge is 0.243 e. The summed E-state index contributed by atoms with van der Waals surface area (Å²) in [7, 11) is 0. The van der Waals surface area contributed by atoms with Crippen molar-refractivity contribution in [3.63, 3.8) is 0 Å². The summed E-state index contributed by atoms with van der Waals surface area (Å²) in [6.45, 7) is 0.521. The summed E-state index contributed by atoms with van der Waals surface area (Å²) in [5.74, 6) is -0.459. The number of nitrogens with one attached hydrogen (secondary N) is 2. The number of imide groups is 1. The van der Waals surface area contributed by atoms with E-state index in [-0.39, 0.29) is 17.9 Å². The van der Waals surface area contributed by atoms with Crippen molar-refractivity contribution in [3.8, 4) is 0 Å². The van der Waals surface area contributed by atoms with E-state index in [4.69, 9.17) is 0 Å². The highest BCUT2D eigenvalue weighted by atomic mass is 16.2. The third kappa shape index (κ3) is 2.60. The number of hydrogen-bond donors (Lipinski definition) is 2. The Hall–Kier alpha value is -1.82. The Balaban J connectivity index is 1.87. The van der Waals surface area contributed by atoms with Gasteiger partial charge >= 0.3 is 0 Å². The van der Waals surface area contributed by atoms with E-state index in [9.17, 15) is 9.59 Å². The van der Waals surface area contributed by atoms with Crippen molar-refractivity contribution in [1.82, 2.24) is 20.6 Å². The van der Waals surface area contributed by atoms with Crippen LogP contribution in [0, 0.1) is 0 Å². The van der Waals surface area contributed by atoms with Crippen LogP contribution in [0.5, 0.6) is 0 Å². The van der Waals surface area contributed by atoms with E-state index in [1.165, 1.54) is 6.33 Å². The maximum Gasteiger partial charge on any atom is 0.243 e. The number of carbonyl (C=O) groups excluding carboxylic acids is 2. The zero-order chi connectivity index (χ0) is 11.4. The number of amides is 2. The lowest BCUT2D eigenvalue weighted by molar-refractivity contribution is -0.134. The topological polar surface area (TPSA) is 84.0 Å². The SMILES string of the molecule is O=C1CCC(NCc2cncnc2)C(=O)N1. The highest BCUT2D eigenvalue weighted by molar-refractivity contribution is 6.00. The van der Waals surface area contributed by atoms with E-state index in [1.807, 2.05) is 0 Å². The van der Waals surface area contributed by atoms with Gasteiger partial charge in [0.1, 0.15) is 6.33 Å². The predicted octanol–water partition coefficient (Wildman–Crippen LogP) is -0.629. The second-order valence-electron chi connectivity index (χ2n) is 3.63. The van der Waals surface area contributed by atoms with Gasteiger partial charge in [-0.1, -0.05) is 0 Å². The lowest BCUT2D eigenvalue weighted by atomic mass is 10.1. The molecule has 84 valence electrons. The highest BCUT2D eigenvalue weighted by Crippen LogP contribution is 2.05. The van der Waals surface area contributed by atoms with Crippen molar-refractivity contribution in [3.05, 3.63) is 24.3 Å². The molecule has 16 heavy (non-hydrogen) atoms. The van der Waals surface area contributed by atoms with Gasteiger partial charge in [0, 0.05) is 30.9 Å². The monoisotopic (exact) mass is 220 g/mol. The van der Waals surface area contributed by atoms with Gasteiger partial charge in [-0.05, 0) is 6.42 Å². The average molecular weight is 220 g/mol. The minimum absolute atomic E-state index is 0.203. The molecule has 2 heterocycles. The molecule has 2 rings (SSSR count). The van der Waals surface area contributed by atoms with Crippen LogP contribution in [0.15, 0.2) is 18.7 Å². The van der Waals surface area contributed by atoms with Crippen LogP contribution < -0.4 is 10.6 Å². The summed E-state index contributed by atoms with van der Waals surface area (Å²) in [6.07, 6.45) is 5.75. The average Bonchev–Trinajstić information content (AvgIpc) is 2.29. The van der Waals surface area contributed by atoms with E-state index in [0.29, 0.717) is 19.4 Å². The van der Waals surface area contributed by atoms with Gasteiger partial charge in [0.05, 0.1) is 6.04 Å². The lowest BCUT2D eigenvalue weighted by Gasteiger charge is -2.21. The van der Waals surface area contributed by atoms with Gasteiger partial charge in [-0.2, -0.15) is 0 Å². The summed E-state index contributed by atoms with van der Waals surface area (Å²) < 4.78 is 0. The summed E-state index contributed by atoms with van der Waals surface area (Å²) in [4.78, 5) is 30.1. The van der Waals surface area contributed by atoms with Gasteiger partial charge in [-0.3, -0.25) is 14.9 Å². The predicted molar refractivity (Wildman–Crippen MR) is 55.0 cm³/mol. The molecule has 1 aliphatic rings. The first kappa shape index (κ1) is 10.7. The summed E-state index contributed by atoms with van der Waals surface area (Å²) >= 11 is 0. The second-order valence-corrected chi connectivity index (χ2v) is 3.63. The molecule has 1 unspecified atom stereocenters. The zero-order valence-corrected chi connectivity index (χ0v) is 8.64. The van der Waals surface area contributed by atoms with Crippen molar-refractivity contribution in [2.75, 3.05) is 0 Å². The van der Waals surface area contributed by atoms with Crippen LogP contribution in [0.4, 0.5) is 0 Å². The number of aromatic nitrogens is 2. The Kier molecular flexibility index (Phi) is 3.21. The fourth-order valence-corrected chi connectivity index (χ4v) is 1.55. The number of rotatable bonds is 3. The lowest BCUT2D eigenvalue weighted by Crippen LogP contribution is -2.50. The largest absolute Gasteiger partial charge is 0.302 e. The fraction of sp³-hybridized carbons (Fsp3) is 0.400. The molecule has 1 atom stereocenters. The van der Waals surface area contributed by atoms with Crippen molar-refractivity contribution < 1.29 is 9.59 Å². The molecule has 1 fully saturated rings. The maximum absolute atomic E-state index is 11.4. The Bertz CT molecular complexity index is 393. The van der Waals surface area contributed by atoms with Crippen LogP contribution in [0.3, 0.4) is 0 Å². The quantitative estimate of drug-likeness (QED) is 0.663.